The molecule has 0 fully saturated rings. The van der Waals surface area contributed by atoms with Crippen molar-refractivity contribution in [2.75, 3.05) is 23.6 Å². The number of rotatable bonds is 6. The summed E-state index contributed by atoms with van der Waals surface area (Å²) >= 11 is 1.29. The fraction of sp³-hybridized carbons (Fsp3) is 0.625. The van der Waals surface area contributed by atoms with Gasteiger partial charge in [-0.3, -0.25) is 4.72 Å². The molecule has 1 heterocycles. The van der Waals surface area contributed by atoms with Gasteiger partial charge in [0.15, 0.2) is 5.13 Å². The quantitative estimate of drug-likeness (QED) is 0.732. The van der Waals surface area contributed by atoms with Crippen LogP contribution in [-0.2, 0) is 10.0 Å². The summed E-state index contributed by atoms with van der Waals surface area (Å²) in [4.78, 5) is 4.03. The summed E-state index contributed by atoms with van der Waals surface area (Å²) in [6.07, 6.45) is 0. The van der Waals surface area contributed by atoms with E-state index in [0.717, 1.165) is 12.2 Å². The average molecular weight is 249 g/mol. The lowest BCUT2D eigenvalue weighted by atomic mass is 10.6. The maximum absolute atomic E-state index is 11.5. The summed E-state index contributed by atoms with van der Waals surface area (Å²) in [5, 5.41) is 5.20. The molecule has 0 unspecified atom stereocenters. The standard InChI is InChI=1S/C8H15N3O2S2/c1-3-9-4-5-15(12,13)11-8-10-7(2)6-14-8/h6,9H,3-5H2,1-2H3,(H,10,11). The lowest BCUT2D eigenvalue weighted by Gasteiger charge is -2.04. The van der Waals surface area contributed by atoms with E-state index in [0.29, 0.717) is 11.7 Å². The number of hydrogen-bond acceptors (Lipinski definition) is 5. The number of hydrogen-bond donors (Lipinski definition) is 2. The Morgan fingerprint density at radius 3 is 2.80 bits per heavy atom. The molecule has 0 aliphatic carbocycles. The van der Waals surface area contributed by atoms with E-state index in [4.69, 9.17) is 0 Å². The average Bonchev–Trinajstić information content (AvgIpc) is 2.50. The Balaban J connectivity index is 2.49. The number of anilines is 1. The highest BCUT2D eigenvalue weighted by atomic mass is 32.2. The monoisotopic (exact) mass is 249 g/mol. The zero-order chi connectivity index (χ0) is 11.3. The highest BCUT2D eigenvalue weighted by molar-refractivity contribution is 7.92. The second kappa shape index (κ2) is 5.43. The summed E-state index contributed by atoms with van der Waals surface area (Å²) < 4.78 is 25.4. The molecule has 0 aliphatic rings. The molecule has 0 amide bonds. The number of aryl methyl sites for hydroxylation is 1. The number of thiazole rings is 1. The molecule has 2 N–H and O–H groups in total. The first-order valence-corrected chi connectivity index (χ1v) is 7.20. The normalized spacial score (nSPS) is 11.6. The van der Waals surface area contributed by atoms with Crippen molar-refractivity contribution >= 4 is 26.5 Å². The first-order valence-electron chi connectivity index (χ1n) is 4.67. The zero-order valence-electron chi connectivity index (χ0n) is 8.78. The minimum Gasteiger partial charge on any atom is -0.316 e. The second-order valence-electron chi connectivity index (χ2n) is 3.07. The first-order chi connectivity index (χ1) is 7.03. The maximum atomic E-state index is 11.5. The van der Waals surface area contributed by atoms with E-state index in [1.54, 1.807) is 0 Å². The molecule has 0 saturated carbocycles. The van der Waals surface area contributed by atoms with Crippen LogP contribution in [0.4, 0.5) is 5.13 Å². The fourth-order valence-electron chi connectivity index (χ4n) is 0.968. The Bertz CT molecular complexity index is 400. The highest BCUT2D eigenvalue weighted by Crippen LogP contribution is 2.15. The summed E-state index contributed by atoms with van der Waals surface area (Å²) in [6.45, 7) is 4.99. The third-order valence-corrected chi connectivity index (χ3v) is 3.91. The molecule has 0 aromatic carbocycles. The van der Waals surface area contributed by atoms with E-state index < -0.39 is 10.0 Å². The van der Waals surface area contributed by atoms with Gasteiger partial charge in [0.25, 0.3) is 0 Å². The van der Waals surface area contributed by atoms with Crippen LogP contribution >= 0.6 is 11.3 Å². The van der Waals surface area contributed by atoms with Gasteiger partial charge in [-0.15, -0.1) is 11.3 Å². The summed E-state index contributed by atoms with van der Waals surface area (Å²) in [6, 6.07) is 0. The third kappa shape index (κ3) is 4.59. The van der Waals surface area contributed by atoms with E-state index in [-0.39, 0.29) is 5.75 Å². The molecular weight excluding hydrogens is 234 g/mol. The zero-order valence-corrected chi connectivity index (χ0v) is 10.4. The molecule has 5 nitrogen and oxygen atoms in total. The SMILES string of the molecule is CCNCCS(=O)(=O)Nc1nc(C)cs1. The van der Waals surface area contributed by atoms with Crippen LogP contribution in [0.15, 0.2) is 5.38 Å². The predicted molar refractivity (Wildman–Crippen MR) is 62.8 cm³/mol. The molecule has 0 aliphatic heterocycles. The van der Waals surface area contributed by atoms with Gasteiger partial charge in [0.1, 0.15) is 0 Å². The third-order valence-electron chi connectivity index (χ3n) is 1.66. The van der Waals surface area contributed by atoms with Crippen LogP contribution in [0.25, 0.3) is 0 Å². The molecule has 0 radical (unpaired) electrons. The van der Waals surface area contributed by atoms with Crippen molar-refractivity contribution in [3.05, 3.63) is 11.1 Å². The molecule has 0 atom stereocenters. The van der Waals surface area contributed by atoms with Crippen molar-refractivity contribution < 1.29 is 8.42 Å². The van der Waals surface area contributed by atoms with Gasteiger partial charge in [-0.25, -0.2) is 13.4 Å². The molecule has 0 bridgehead atoms. The minimum absolute atomic E-state index is 0.0689. The van der Waals surface area contributed by atoms with Gasteiger partial charge in [0.2, 0.25) is 10.0 Å². The minimum atomic E-state index is -3.26. The van der Waals surface area contributed by atoms with Crippen molar-refractivity contribution in [1.29, 1.82) is 0 Å². The van der Waals surface area contributed by atoms with Gasteiger partial charge >= 0.3 is 0 Å². The van der Waals surface area contributed by atoms with Crippen molar-refractivity contribution in [2.24, 2.45) is 0 Å². The van der Waals surface area contributed by atoms with Crippen molar-refractivity contribution in [2.45, 2.75) is 13.8 Å². The molecule has 0 spiro atoms. The van der Waals surface area contributed by atoms with E-state index >= 15 is 0 Å². The van der Waals surface area contributed by atoms with Crippen molar-refractivity contribution in [1.82, 2.24) is 10.3 Å². The summed E-state index contributed by atoms with van der Waals surface area (Å²) in [7, 11) is -3.26. The Hall–Kier alpha value is -0.660. The van der Waals surface area contributed by atoms with Gasteiger partial charge in [-0.1, -0.05) is 6.92 Å². The van der Waals surface area contributed by atoms with Crippen LogP contribution in [0, 0.1) is 6.92 Å². The van der Waals surface area contributed by atoms with Crippen molar-refractivity contribution in [3.8, 4) is 0 Å². The van der Waals surface area contributed by atoms with E-state index in [2.05, 4.69) is 15.0 Å². The van der Waals surface area contributed by atoms with Crippen molar-refractivity contribution in [3.63, 3.8) is 0 Å². The van der Waals surface area contributed by atoms with Crippen LogP contribution in [0.1, 0.15) is 12.6 Å². The Morgan fingerprint density at radius 1 is 1.53 bits per heavy atom. The molecule has 86 valence electrons. The number of aromatic nitrogens is 1. The van der Waals surface area contributed by atoms with Gasteiger partial charge in [0.05, 0.1) is 11.4 Å². The van der Waals surface area contributed by atoms with Gasteiger partial charge in [0, 0.05) is 11.9 Å². The molecular formula is C8H15N3O2S2. The summed E-state index contributed by atoms with van der Waals surface area (Å²) in [5.41, 5.74) is 0.824. The maximum Gasteiger partial charge on any atom is 0.235 e. The smallest absolute Gasteiger partial charge is 0.235 e. The molecule has 1 rings (SSSR count). The van der Waals surface area contributed by atoms with E-state index in [9.17, 15) is 8.42 Å². The number of nitrogens with zero attached hydrogens (tertiary/aromatic N) is 1. The van der Waals surface area contributed by atoms with Crippen LogP contribution in [0.2, 0.25) is 0 Å². The molecule has 1 aromatic rings. The van der Waals surface area contributed by atoms with E-state index in [1.807, 2.05) is 19.2 Å². The highest BCUT2D eigenvalue weighted by Gasteiger charge is 2.11. The Labute approximate surface area is 94.0 Å². The first kappa shape index (κ1) is 12.4. The number of nitrogens with one attached hydrogen (secondary N) is 2. The van der Waals surface area contributed by atoms with Crippen LogP contribution in [0.5, 0.6) is 0 Å². The van der Waals surface area contributed by atoms with Gasteiger partial charge in [-0.05, 0) is 13.5 Å². The Morgan fingerprint density at radius 2 is 2.27 bits per heavy atom. The molecule has 0 saturated heterocycles. The van der Waals surface area contributed by atoms with E-state index in [1.165, 1.54) is 11.3 Å². The lowest BCUT2D eigenvalue weighted by Crippen LogP contribution is -2.26. The van der Waals surface area contributed by atoms with Crippen LogP contribution in [-0.4, -0.2) is 32.2 Å². The molecule has 15 heavy (non-hydrogen) atoms. The van der Waals surface area contributed by atoms with Crippen LogP contribution in [0.3, 0.4) is 0 Å². The van der Waals surface area contributed by atoms with Gasteiger partial charge in [-0.2, -0.15) is 0 Å². The Kier molecular flexibility index (Phi) is 4.49. The lowest BCUT2D eigenvalue weighted by molar-refractivity contribution is 0.597. The number of sulfonamides is 1. The summed E-state index contributed by atoms with van der Waals surface area (Å²) in [5.74, 6) is 0.0689. The molecule has 7 heteroatoms. The molecule has 1 aromatic heterocycles. The largest absolute Gasteiger partial charge is 0.316 e. The predicted octanol–water partition coefficient (Wildman–Crippen LogP) is 0.803. The van der Waals surface area contributed by atoms with Crippen LogP contribution < -0.4 is 10.0 Å². The topological polar surface area (TPSA) is 71.1 Å². The fourth-order valence-corrected chi connectivity index (χ4v) is 2.90. The van der Waals surface area contributed by atoms with Gasteiger partial charge < -0.3 is 5.32 Å². The second-order valence-corrected chi connectivity index (χ2v) is 5.77.